The first-order valence-electron chi connectivity index (χ1n) is 11.5. The molecule has 0 radical (unpaired) electrons. The van der Waals surface area contributed by atoms with Crippen LogP contribution in [0.15, 0.2) is 93.3 Å². The minimum atomic E-state index is -3.92. The Morgan fingerprint density at radius 2 is 1.59 bits per heavy atom. The molecule has 176 valence electrons. The second-order valence-corrected chi connectivity index (χ2v) is 10.4. The number of hydrogen-bond acceptors (Lipinski definition) is 6. The molecule has 4 aromatic rings. The Morgan fingerprint density at radius 1 is 0.912 bits per heavy atom. The molecule has 1 unspecified atom stereocenters. The van der Waals surface area contributed by atoms with Gasteiger partial charge in [-0.2, -0.15) is 0 Å². The highest BCUT2D eigenvalue weighted by Crippen LogP contribution is 2.39. The Balaban J connectivity index is 1.39. The van der Waals surface area contributed by atoms with Gasteiger partial charge in [0.1, 0.15) is 24.0 Å². The molecule has 1 aromatic heterocycles. The van der Waals surface area contributed by atoms with Crippen molar-refractivity contribution in [3.63, 3.8) is 0 Å². The maximum Gasteiger partial charge on any atom is 0.240 e. The predicted molar refractivity (Wildman–Crippen MR) is 131 cm³/mol. The van der Waals surface area contributed by atoms with Gasteiger partial charge in [-0.3, -0.25) is 0 Å². The van der Waals surface area contributed by atoms with Crippen molar-refractivity contribution >= 4 is 20.8 Å². The highest BCUT2D eigenvalue weighted by Gasteiger charge is 2.29. The van der Waals surface area contributed by atoms with E-state index in [-0.39, 0.29) is 16.6 Å². The number of likely N-dealkylation sites (tertiary alicyclic amines) is 1. The lowest BCUT2D eigenvalue weighted by Crippen LogP contribution is -2.33. The van der Waals surface area contributed by atoms with Crippen LogP contribution in [-0.4, -0.2) is 50.8 Å². The van der Waals surface area contributed by atoms with E-state index in [1.54, 1.807) is 18.2 Å². The van der Waals surface area contributed by atoms with Gasteiger partial charge in [-0.25, -0.2) is 8.42 Å². The summed E-state index contributed by atoms with van der Waals surface area (Å²) in [7, 11) is -3.92. The third kappa shape index (κ3) is 4.59. The van der Waals surface area contributed by atoms with E-state index >= 15 is 0 Å². The Labute approximate surface area is 199 Å². The van der Waals surface area contributed by atoms with Crippen LogP contribution in [0.3, 0.4) is 0 Å². The lowest BCUT2D eigenvalue weighted by molar-refractivity contribution is 0.0758. The Morgan fingerprint density at radius 3 is 2.32 bits per heavy atom. The van der Waals surface area contributed by atoms with E-state index < -0.39 is 15.9 Å². The van der Waals surface area contributed by atoms with Gasteiger partial charge >= 0.3 is 0 Å². The number of hydrogen-bond donors (Lipinski definition) is 1. The van der Waals surface area contributed by atoms with E-state index in [0.29, 0.717) is 23.4 Å². The van der Waals surface area contributed by atoms with Crippen molar-refractivity contribution in [3.8, 4) is 16.9 Å². The maximum absolute atomic E-state index is 13.6. The number of benzene rings is 3. The van der Waals surface area contributed by atoms with Crippen LogP contribution in [0.1, 0.15) is 12.8 Å². The average Bonchev–Trinajstić information content (AvgIpc) is 3.51. The van der Waals surface area contributed by atoms with Crippen molar-refractivity contribution in [3.05, 3.63) is 78.9 Å². The van der Waals surface area contributed by atoms with Gasteiger partial charge in [-0.1, -0.05) is 48.5 Å². The van der Waals surface area contributed by atoms with Crippen molar-refractivity contribution < 1.29 is 22.7 Å². The SMILES string of the molecule is O=S(=O)(c1ccc(OCC(O)CN2CCCC2)cc1)c1oc2ccccc2c1-c1ccccc1. The number of nitrogens with zero attached hydrogens (tertiary/aromatic N) is 1. The van der Waals surface area contributed by atoms with Gasteiger partial charge in [0.15, 0.2) is 0 Å². The monoisotopic (exact) mass is 477 g/mol. The minimum absolute atomic E-state index is 0.0744. The highest BCUT2D eigenvalue weighted by atomic mass is 32.2. The van der Waals surface area contributed by atoms with Gasteiger partial charge in [0.05, 0.1) is 4.90 Å². The van der Waals surface area contributed by atoms with Crippen LogP contribution in [0, 0.1) is 0 Å². The van der Waals surface area contributed by atoms with Gasteiger partial charge in [-0.05, 0) is 61.8 Å². The second-order valence-electron chi connectivity index (χ2n) is 8.57. The first-order valence-corrected chi connectivity index (χ1v) is 13.0. The van der Waals surface area contributed by atoms with Crippen molar-refractivity contribution in [2.75, 3.05) is 26.2 Å². The first kappa shape index (κ1) is 22.7. The molecule has 0 saturated carbocycles. The van der Waals surface area contributed by atoms with Crippen LogP contribution in [0.5, 0.6) is 5.75 Å². The molecular weight excluding hydrogens is 450 g/mol. The summed E-state index contributed by atoms with van der Waals surface area (Å²) in [6.07, 6.45) is 1.74. The van der Waals surface area contributed by atoms with E-state index in [4.69, 9.17) is 9.15 Å². The largest absolute Gasteiger partial charge is 0.491 e. The van der Waals surface area contributed by atoms with Crippen molar-refractivity contribution in [2.45, 2.75) is 28.9 Å². The summed E-state index contributed by atoms with van der Waals surface area (Å²) >= 11 is 0. The second kappa shape index (κ2) is 9.62. The summed E-state index contributed by atoms with van der Waals surface area (Å²) in [6.45, 7) is 2.76. The average molecular weight is 478 g/mol. The molecule has 0 aliphatic carbocycles. The fraction of sp³-hybridized carbons (Fsp3) is 0.259. The van der Waals surface area contributed by atoms with Crippen molar-refractivity contribution in [2.24, 2.45) is 0 Å². The van der Waals surface area contributed by atoms with E-state index in [0.717, 1.165) is 24.0 Å². The molecule has 1 fully saturated rings. The van der Waals surface area contributed by atoms with Crippen molar-refractivity contribution in [1.29, 1.82) is 0 Å². The van der Waals surface area contributed by atoms with E-state index in [9.17, 15) is 13.5 Å². The molecule has 1 aliphatic heterocycles. The van der Waals surface area contributed by atoms with E-state index in [1.165, 1.54) is 25.0 Å². The van der Waals surface area contributed by atoms with Gasteiger partial charge in [0, 0.05) is 17.5 Å². The number of rotatable bonds is 8. The number of sulfone groups is 1. The number of fused-ring (bicyclic) bond motifs is 1. The van der Waals surface area contributed by atoms with Crippen LogP contribution in [0.4, 0.5) is 0 Å². The third-order valence-electron chi connectivity index (χ3n) is 6.11. The zero-order chi connectivity index (χ0) is 23.5. The number of aliphatic hydroxyl groups excluding tert-OH is 1. The maximum atomic E-state index is 13.6. The summed E-state index contributed by atoms with van der Waals surface area (Å²) in [5.41, 5.74) is 1.85. The molecule has 0 bridgehead atoms. The van der Waals surface area contributed by atoms with Crippen LogP contribution < -0.4 is 4.74 Å². The number of β-amino-alcohol motifs (C(OH)–C–C–N with tert-alkyl or cyclic N) is 1. The molecule has 0 amide bonds. The molecule has 3 aromatic carbocycles. The molecule has 1 N–H and O–H groups in total. The zero-order valence-electron chi connectivity index (χ0n) is 18.8. The summed E-state index contributed by atoms with van der Waals surface area (Å²) < 4.78 is 38.8. The lowest BCUT2D eigenvalue weighted by atomic mass is 10.1. The molecule has 5 rings (SSSR count). The minimum Gasteiger partial charge on any atom is -0.491 e. The zero-order valence-corrected chi connectivity index (χ0v) is 19.6. The molecule has 7 heteroatoms. The Hall–Kier alpha value is -3.13. The molecule has 34 heavy (non-hydrogen) atoms. The summed E-state index contributed by atoms with van der Waals surface area (Å²) in [5.74, 6) is 0.507. The number of ether oxygens (including phenoxy) is 1. The molecule has 1 atom stereocenters. The standard InChI is InChI=1S/C27H27NO5S/c29-21(18-28-16-6-7-17-28)19-32-22-12-14-23(15-13-22)34(30,31)27-26(20-8-2-1-3-9-20)24-10-4-5-11-25(24)33-27/h1-5,8-15,21,29H,6-7,16-19H2. The normalized spacial score (nSPS) is 15.6. The topological polar surface area (TPSA) is 80.0 Å². The fourth-order valence-corrected chi connectivity index (χ4v) is 5.83. The fourth-order valence-electron chi connectivity index (χ4n) is 4.42. The molecular formula is C27H27NO5S. The molecule has 0 spiro atoms. The van der Waals surface area contributed by atoms with E-state index in [2.05, 4.69) is 4.90 Å². The number of aliphatic hydroxyl groups is 1. The molecule has 6 nitrogen and oxygen atoms in total. The van der Waals surface area contributed by atoms with E-state index in [1.807, 2.05) is 48.5 Å². The highest BCUT2D eigenvalue weighted by molar-refractivity contribution is 7.91. The van der Waals surface area contributed by atoms with Crippen molar-refractivity contribution in [1.82, 2.24) is 4.90 Å². The summed E-state index contributed by atoms with van der Waals surface area (Å²) in [6, 6.07) is 23.0. The number of furan rings is 1. The lowest BCUT2D eigenvalue weighted by Gasteiger charge is -2.19. The molecule has 1 saturated heterocycles. The predicted octanol–water partition coefficient (Wildman–Crippen LogP) is 4.77. The smallest absolute Gasteiger partial charge is 0.240 e. The quantitative estimate of drug-likeness (QED) is 0.394. The van der Waals surface area contributed by atoms with Gasteiger partial charge in [0.25, 0.3) is 0 Å². The summed E-state index contributed by atoms with van der Waals surface area (Å²) in [5, 5.41) is 10.9. The van der Waals surface area contributed by atoms with Crippen LogP contribution >= 0.6 is 0 Å². The summed E-state index contributed by atoms with van der Waals surface area (Å²) in [4.78, 5) is 2.34. The molecule has 1 aliphatic rings. The van der Waals surface area contributed by atoms with Crippen LogP contribution in [-0.2, 0) is 9.84 Å². The van der Waals surface area contributed by atoms with Gasteiger partial charge in [0.2, 0.25) is 14.9 Å². The number of para-hydroxylation sites is 1. The molecule has 2 heterocycles. The first-order chi connectivity index (χ1) is 16.5. The van der Waals surface area contributed by atoms with Gasteiger partial charge in [-0.15, -0.1) is 0 Å². The Bertz CT molecular complexity index is 1360. The van der Waals surface area contributed by atoms with Gasteiger partial charge < -0.3 is 19.2 Å². The third-order valence-corrected chi connectivity index (χ3v) is 7.78. The Kier molecular flexibility index (Phi) is 6.41. The van der Waals surface area contributed by atoms with Crippen LogP contribution in [0.25, 0.3) is 22.1 Å². The van der Waals surface area contributed by atoms with Crippen LogP contribution in [0.2, 0.25) is 0 Å².